The molecule has 6 heteroatoms. The van der Waals surface area contributed by atoms with Crippen LogP contribution in [0, 0.1) is 20.8 Å². The quantitative estimate of drug-likeness (QED) is 0.898. The average molecular weight is 284 g/mol. The van der Waals surface area contributed by atoms with Crippen LogP contribution < -0.4 is 10.6 Å². The number of rotatable bonds is 3. The summed E-state index contributed by atoms with van der Waals surface area (Å²) in [5.41, 5.74) is 2.84. The Kier molecular flexibility index (Phi) is 3.79. The fourth-order valence-corrected chi connectivity index (χ4v) is 2.61. The van der Waals surface area contributed by atoms with Gasteiger partial charge in [0.2, 0.25) is 5.95 Å². The summed E-state index contributed by atoms with van der Waals surface area (Å²) in [5.74, 6) is 2.63. The lowest BCUT2D eigenvalue weighted by atomic mass is 10.1. The standard InChI is InChI=1S/C15H20N6/c1-9-6-10(2)19-15(18-9)21-13-7-11(3)17-14(20-13)12-4-5-16-8-12/h6-7,12,16H,4-5,8H2,1-3H3,(H,17,18,19,20,21)/t12-/m1/s1. The van der Waals surface area contributed by atoms with Gasteiger partial charge in [0, 0.05) is 35.6 Å². The van der Waals surface area contributed by atoms with Crippen LogP contribution in [0.25, 0.3) is 0 Å². The molecule has 0 aromatic carbocycles. The predicted octanol–water partition coefficient (Wildman–Crippen LogP) is 2.01. The molecule has 1 aliphatic rings. The largest absolute Gasteiger partial charge is 0.316 e. The van der Waals surface area contributed by atoms with Gasteiger partial charge in [-0.3, -0.25) is 0 Å². The summed E-state index contributed by atoms with van der Waals surface area (Å²) in [4.78, 5) is 18.0. The molecule has 0 spiro atoms. The van der Waals surface area contributed by atoms with E-state index in [1.807, 2.05) is 32.9 Å². The van der Waals surface area contributed by atoms with E-state index in [9.17, 15) is 0 Å². The zero-order valence-electron chi connectivity index (χ0n) is 12.6. The molecular formula is C15H20N6. The molecule has 1 aliphatic heterocycles. The van der Waals surface area contributed by atoms with Crippen molar-refractivity contribution >= 4 is 11.8 Å². The Morgan fingerprint density at radius 2 is 1.71 bits per heavy atom. The van der Waals surface area contributed by atoms with E-state index in [4.69, 9.17) is 0 Å². The van der Waals surface area contributed by atoms with Gasteiger partial charge in [-0.1, -0.05) is 0 Å². The summed E-state index contributed by atoms with van der Waals surface area (Å²) < 4.78 is 0. The maximum atomic E-state index is 4.63. The first-order valence-electron chi connectivity index (χ1n) is 7.26. The van der Waals surface area contributed by atoms with Crippen LogP contribution in [0.4, 0.5) is 11.8 Å². The summed E-state index contributed by atoms with van der Waals surface area (Å²) >= 11 is 0. The molecule has 0 saturated carbocycles. The lowest BCUT2D eigenvalue weighted by molar-refractivity contribution is 0.698. The van der Waals surface area contributed by atoms with Crippen molar-refractivity contribution in [3.63, 3.8) is 0 Å². The Balaban J connectivity index is 1.87. The Bertz CT molecular complexity index is 628. The van der Waals surface area contributed by atoms with E-state index in [1.165, 1.54) is 0 Å². The van der Waals surface area contributed by atoms with E-state index in [-0.39, 0.29) is 0 Å². The van der Waals surface area contributed by atoms with Crippen molar-refractivity contribution in [2.24, 2.45) is 0 Å². The molecule has 21 heavy (non-hydrogen) atoms. The Hall–Kier alpha value is -2.08. The maximum absolute atomic E-state index is 4.63. The first kappa shape index (κ1) is 13.9. The first-order valence-corrected chi connectivity index (χ1v) is 7.26. The van der Waals surface area contributed by atoms with Crippen molar-refractivity contribution in [2.75, 3.05) is 18.4 Å². The van der Waals surface area contributed by atoms with Crippen LogP contribution in [0.2, 0.25) is 0 Å². The third kappa shape index (κ3) is 3.33. The van der Waals surface area contributed by atoms with Crippen LogP contribution >= 0.6 is 0 Å². The van der Waals surface area contributed by atoms with E-state index in [2.05, 4.69) is 30.6 Å². The minimum absolute atomic E-state index is 0.394. The van der Waals surface area contributed by atoms with Crippen LogP contribution in [-0.4, -0.2) is 33.0 Å². The highest BCUT2D eigenvalue weighted by Gasteiger charge is 2.20. The molecule has 2 N–H and O–H groups in total. The van der Waals surface area contributed by atoms with Crippen molar-refractivity contribution in [2.45, 2.75) is 33.1 Å². The topological polar surface area (TPSA) is 75.6 Å². The van der Waals surface area contributed by atoms with Gasteiger partial charge < -0.3 is 10.6 Å². The van der Waals surface area contributed by atoms with E-state index < -0.39 is 0 Å². The van der Waals surface area contributed by atoms with Crippen LogP contribution in [0.15, 0.2) is 12.1 Å². The van der Waals surface area contributed by atoms with Crippen LogP contribution in [0.3, 0.4) is 0 Å². The van der Waals surface area contributed by atoms with Crippen molar-refractivity contribution in [1.82, 2.24) is 25.3 Å². The number of nitrogens with zero attached hydrogens (tertiary/aromatic N) is 4. The zero-order valence-corrected chi connectivity index (χ0v) is 12.6. The predicted molar refractivity (Wildman–Crippen MR) is 81.8 cm³/mol. The van der Waals surface area contributed by atoms with E-state index >= 15 is 0 Å². The molecule has 1 atom stereocenters. The molecule has 0 radical (unpaired) electrons. The van der Waals surface area contributed by atoms with Gasteiger partial charge in [-0.25, -0.2) is 19.9 Å². The van der Waals surface area contributed by atoms with Crippen molar-refractivity contribution in [3.8, 4) is 0 Å². The molecule has 6 nitrogen and oxygen atoms in total. The Morgan fingerprint density at radius 1 is 1.00 bits per heavy atom. The summed E-state index contributed by atoms with van der Waals surface area (Å²) in [5, 5.41) is 6.55. The van der Waals surface area contributed by atoms with Gasteiger partial charge in [-0.15, -0.1) is 0 Å². The third-order valence-electron chi connectivity index (χ3n) is 3.52. The molecule has 3 heterocycles. The highest BCUT2D eigenvalue weighted by molar-refractivity contribution is 5.48. The minimum atomic E-state index is 0.394. The molecule has 0 aliphatic carbocycles. The molecule has 2 aromatic rings. The maximum Gasteiger partial charge on any atom is 0.228 e. The second-order valence-electron chi connectivity index (χ2n) is 5.54. The molecule has 0 amide bonds. The van der Waals surface area contributed by atoms with Gasteiger partial charge in [0.1, 0.15) is 11.6 Å². The highest BCUT2D eigenvalue weighted by Crippen LogP contribution is 2.21. The number of aryl methyl sites for hydroxylation is 3. The molecule has 0 unspecified atom stereocenters. The molecule has 1 fully saturated rings. The lowest BCUT2D eigenvalue weighted by Gasteiger charge is -2.11. The number of nitrogens with one attached hydrogen (secondary N) is 2. The van der Waals surface area contributed by atoms with Gasteiger partial charge in [-0.2, -0.15) is 0 Å². The van der Waals surface area contributed by atoms with Crippen molar-refractivity contribution in [1.29, 1.82) is 0 Å². The SMILES string of the molecule is Cc1cc(C)nc(Nc2cc(C)nc([C@@H]3CCNC3)n2)n1. The van der Waals surface area contributed by atoms with Gasteiger partial charge in [-0.05, 0) is 39.8 Å². The van der Waals surface area contributed by atoms with Gasteiger partial charge in [0.25, 0.3) is 0 Å². The Labute approximate surface area is 124 Å². The van der Waals surface area contributed by atoms with Gasteiger partial charge in [0.05, 0.1) is 0 Å². The molecular weight excluding hydrogens is 264 g/mol. The number of hydrogen-bond donors (Lipinski definition) is 2. The van der Waals surface area contributed by atoms with E-state index in [1.54, 1.807) is 0 Å². The fraction of sp³-hybridized carbons (Fsp3) is 0.467. The Morgan fingerprint density at radius 3 is 2.38 bits per heavy atom. The van der Waals surface area contributed by atoms with E-state index in [0.717, 1.165) is 48.2 Å². The average Bonchev–Trinajstić information content (AvgIpc) is 2.90. The van der Waals surface area contributed by atoms with Crippen molar-refractivity contribution in [3.05, 3.63) is 35.0 Å². The molecule has 3 rings (SSSR count). The third-order valence-corrected chi connectivity index (χ3v) is 3.52. The number of aromatic nitrogens is 4. The van der Waals surface area contributed by atoms with Gasteiger partial charge in [0.15, 0.2) is 0 Å². The second kappa shape index (κ2) is 5.73. The van der Waals surface area contributed by atoms with E-state index in [0.29, 0.717) is 11.9 Å². The molecule has 2 aromatic heterocycles. The van der Waals surface area contributed by atoms with Crippen LogP contribution in [-0.2, 0) is 0 Å². The summed E-state index contributed by atoms with van der Waals surface area (Å²) in [6, 6.07) is 3.87. The lowest BCUT2D eigenvalue weighted by Crippen LogP contribution is -2.12. The number of anilines is 2. The molecule has 1 saturated heterocycles. The molecule has 110 valence electrons. The molecule has 0 bridgehead atoms. The van der Waals surface area contributed by atoms with Gasteiger partial charge >= 0.3 is 0 Å². The summed E-state index contributed by atoms with van der Waals surface area (Å²) in [7, 11) is 0. The number of hydrogen-bond acceptors (Lipinski definition) is 6. The van der Waals surface area contributed by atoms with Crippen LogP contribution in [0.5, 0.6) is 0 Å². The normalized spacial score (nSPS) is 18.0. The minimum Gasteiger partial charge on any atom is -0.316 e. The smallest absolute Gasteiger partial charge is 0.228 e. The summed E-state index contributed by atoms with van der Waals surface area (Å²) in [6.07, 6.45) is 1.09. The fourth-order valence-electron chi connectivity index (χ4n) is 2.61. The summed E-state index contributed by atoms with van der Waals surface area (Å²) in [6.45, 7) is 7.89. The zero-order chi connectivity index (χ0) is 14.8. The highest BCUT2D eigenvalue weighted by atomic mass is 15.2. The first-order chi connectivity index (χ1) is 10.1. The van der Waals surface area contributed by atoms with Crippen LogP contribution in [0.1, 0.15) is 35.2 Å². The monoisotopic (exact) mass is 284 g/mol. The van der Waals surface area contributed by atoms with Crippen molar-refractivity contribution < 1.29 is 0 Å². The second-order valence-corrected chi connectivity index (χ2v) is 5.54.